The normalized spacial score (nSPS) is 12.9. The van der Waals surface area contributed by atoms with Crippen LogP contribution in [-0.2, 0) is 6.42 Å². The van der Waals surface area contributed by atoms with Crippen molar-refractivity contribution in [3.63, 3.8) is 0 Å². The molecule has 118 valence electrons. The third kappa shape index (κ3) is 5.44. The topological polar surface area (TPSA) is 38.0 Å². The van der Waals surface area contributed by atoms with Gasteiger partial charge in [-0.15, -0.1) is 0 Å². The first kappa shape index (κ1) is 16.4. The molecule has 22 heavy (non-hydrogen) atoms. The minimum atomic E-state index is 0.399. The number of nitrogen functional groups attached to an aromatic ring is 1. The first-order chi connectivity index (χ1) is 10.3. The molecule has 2 aromatic rings. The van der Waals surface area contributed by atoms with Crippen LogP contribution in [0.5, 0.6) is 0 Å². The summed E-state index contributed by atoms with van der Waals surface area (Å²) in [6, 6.07) is 16.5. The van der Waals surface area contributed by atoms with Gasteiger partial charge >= 0.3 is 0 Å². The Bertz CT molecular complexity index is 577. The molecule has 0 spiro atoms. The second-order valence-electron chi connectivity index (χ2n) is 7.52. The van der Waals surface area contributed by atoms with Crippen molar-refractivity contribution < 1.29 is 0 Å². The zero-order valence-electron chi connectivity index (χ0n) is 14.2. The van der Waals surface area contributed by atoms with Gasteiger partial charge in [0.2, 0.25) is 0 Å². The molecule has 1 unspecified atom stereocenters. The maximum Gasteiger partial charge on any atom is 0.0385 e. The van der Waals surface area contributed by atoms with E-state index >= 15 is 0 Å². The average Bonchev–Trinajstić information content (AvgIpc) is 2.41. The summed E-state index contributed by atoms with van der Waals surface area (Å²) in [5, 5.41) is 3.39. The van der Waals surface area contributed by atoms with Crippen molar-refractivity contribution >= 4 is 17.1 Å². The van der Waals surface area contributed by atoms with Gasteiger partial charge in [0.15, 0.2) is 0 Å². The lowest BCUT2D eigenvalue weighted by Crippen LogP contribution is -2.12. The summed E-state index contributed by atoms with van der Waals surface area (Å²) in [6.07, 6.45) is 2.39. The molecule has 3 N–H and O–H groups in total. The van der Waals surface area contributed by atoms with E-state index in [0.29, 0.717) is 11.3 Å². The van der Waals surface area contributed by atoms with Crippen LogP contribution < -0.4 is 11.1 Å². The van der Waals surface area contributed by atoms with Gasteiger partial charge in [0, 0.05) is 17.1 Å². The lowest BCUT2D eigenvalue weighted by atomic mass is 9.83. The fraction of sp³-hybridized carbons (Fsp3) is 0.400. The number of nitrogens with one attached hydrogen (secondary N) is 1. The van der Waals surface area contributed by atoms with Crippen LogP contribution in [0, 0.1) is 11.3 Å². The minimum Gasteiger partial charge on any atom is -0.399 e. The van der Waals surface area contributed by atoms with Crippen molar-refractivity contribution in [3.05, 3.63) is 54.1 Å². The van der Waals surface area contributed by atoms with E-state index in [1.807, 2.05) is 24.3 Å². The standard InChI is InChI=1S/C20H28N2/c1-15(14-20(2,3)4)13-16-5-9-18(10-6-16)22-19-11-7-17(21)8-12-19/h5-12,15,22H,13-14,21H2,1-4H3. The van der Waals surface area contributed by atoms with Gasteiger partial charge < -0.3 is 11.1 Å². The number of hydrogen-bond donors (Lipinski definition) is 2. The molecular formula is C20H28N2. The molecule has 0 saturated heterocycles. The Balaban J connectivity index is 1.94. The maximum atomic E-state index is 5.70. The highest BCUT2D eigenvalue weighted by atomic mass is 14.9. The van der Waals surface area contributed by atoms with Crippen LogP contribution in [0.15, 0.2) is 48.5 Å². The first-order valence-electron chi connectivity index (χ1n) is 8.03. The van der Waals surface area contributed by atoms with Crippen LogP contribution in [0.3, 0.4) is 0 Å². The van der Waals surface area contributed by atoms with Gasteiger partial charge in [-0.3, -0.25) is 0 Å². The highest BCUT2D eigenvalue weighted by Crippen LogP contribution is 2.27. The molecule has 0 saturated carbocycles. The highest BCUT2D eigenvalue weighted by Gasteiger charge is 2.15. The zero-order chi connectivity index (χ0) is 16.2. The molecule has 2 aromatic carbocycles. The summed E-state index contributed by atoms with van der Waals surface area (Å²) in [5.41, 5.74) is 10.5. The number of rotatable bonds is 5. The minimum absolute atomic E-state index is 0.399. The SMILES string of the molecule is CC(Cc1ccc(Nc2ccc(N)cc2)cc1)CC(C)(C)C. The summed E-state index contributed by atoms with van der Waals surface area (Å²) in [4.78, 5) is 0. The van der Waals surface area contributed by atoms with E-state index in [1.165, 1.54) is 12.0 Å². The molecule has 0 aliphatic rings. The van der Waals surface area contributed by atoms with E-state index in [9.17, 15) is 0 Å². The monoisotopic (exact) mass is 296 g/mol. The molecule has 0 bridgehead atoms. The fourth-order valence-corrected chi connectivity index (χ4v) is 2.98. The largest absolute Gasteiger partial charge is 0.399 e. The number of benzene rings is 2. The summed E-state index contributed by atoms with van der Waals surface area (Å²) in [5.74, 6) is 0.705. The van der Waals surface area contributed by atoms with Crippen molar-refractivity contribution in [1.82, 2.24) is 0 Å². The van der Waals surface area contributed by atoms with Crippen molar-refractivity contribution in [2.45, 2.75) is 40.5 Å². The predicted molar refractivity (Wildman–Crippen MR) is 97.5 cm³/mol. The molecule has 1 atom stereocenters. The van der Waals surface area contributed by atoms with Crippen molar-refractivity contribution in [3.8, 4) is 0 Å². The molecule has 2 heteroatoms. The molecule has 0 aliphatic heterocycles. The quantitative estimate of drug-likeness (QED) is 0.702. The summed E-state index contributed by atoms with van der Waals surface area (Å²) in [6.45, 7) is 9.27. The molecule has 2 nitrogen and oxygen atoms in total. The van der Waals surface area contributed by atoms with Gasteiger partial charge in [-0.2, -0.15) is 0 Å². The third-order valence-electron chi connectivity index (χ3n) is 3.70. The molecule has 0 amide bonds. The molecule has 0 radical (unpaired) electrons. The lowest BCUT2D eigenvalue weighted by Gasteiger charge is -2.23. The van der Waals surface area contributed by atoms with E-state index in [4.69, 9.17) is 5.73 Å². The van der Waals surface area contributed by atoms with Crippen LogP contribution in [0.4, 0.5) is 17.1 Å². The van der Waals surface area contributed by atoms with Gasteiger partial charge in [-0.25, -0.2) is 0 Å². The summed E-state index contributed by atoms with van der Waals surface area (Å²) >= 11 is 0. The maximum absolute atomic E-state index is 5.70. The highest BCUT2D eigenvalue weighted by molar-refractivity contribution is 5.61. The van der Waals surface area contributed by atoms with E-state index in [0.717, 1.165) is 23.5 Å². The van der Waals surface area contributed by atoms with Crippen LogP contribution in [0.25, 0.3) is 0 Å². The Hall–Kier alpha value is -1.96. The Labute approximate surface area is 134 Å². The molecular weight excluding hydrogens is 268 g/mol. The predicted octanol–water partition coefficient (Wildman–Crippen LogP) is 5.63. The number of anilines is 3. The molecule has 0 aromatic heterocycles. The van der Waals surface area contributed by atoms with Crippen LogP contribution in [0.1, 0.15) is 39.7 Å². The van der Waals surface area contributed by atoms with Gasteiger partial charge in [0.25, 0.3) is 0 Å². The second kappa shape index (κ2) is 6.87. The van der Waals surface area contributed by atoms with Crippen LogP contribution in [-0.4, -0.2) is 0 Å². The third-order valence-corrected chi connectivity index (χ3v) is 3.70. The van der Waals surface area contributed by atoms with Gasteiger partial charge in [0.05, 0.1) is 0 Å². The van der Waals surface area contributed by atoms with Crippen molar-refractivity contribution in [2.24, 2.45) is 11.3 Å². The van der Waals surface area contributed by atoms with E-state index in [2.05, 4.69) is 57.3 Å². The summed E-state index contributed by atoms with van der Waals surface area (Å²) in [7, 11) is 0. The van der Waals surface area contributed by atoms with Gasteiger partial charge in [-0.1, -0.05) is 39.8 Å². The second-order valence-corrected chi connectivity index (χ2v) is 7.52. The van der Waals surface area contributed by atoms with Crippen molar-refractivity contribution in [1.29, 1.82) is 0 Å². The van der Waals surface area contributed by atoms with Crippen LogP contribution >= 0.6 is 0 Å². The molecule has 0 fully saturated rings. The van der Waals surface area contributed by atoms with E-state index in [-0.39, 0.29) is 0 Å². The molecule has 0 heterocycles. The van der Waals surface area contributed by atoms with Crippen molar-refractivity contribution in [2.75, 3.05) is 11.1 Å². The first-order valence-corrected chi connectivity index (χ1v) is 8.03. The Morgan fingerprint density at radius 2 is 1.41 bits per heavy atom. The van der Waals surface area contributed by atoms with E-state index < -0.39 is 0 Å². The molecule has 0 aliphatic carbocycles. The number of nitrogens with two attached hydrogens (primary N) is 1. The van der Waals surface area contributed by atoms with Gasteiger partial charge in [-0.05, 0) is 66.1 Å². The Kier molecular flexibility index (Phi) is 5.12. The van der Waals surface area contributed by atoms with Crippen LogP contribution in [0.2, 0.25) is 0 Å². The Morgan fingerprint density at radius 3 is 1.91 bits per heavy atom. The van der Waals surface area contributed by atoms with Gasteiger partial charge in [0.1, 0.15) is 0 Å². The number of hydrogen-bond acceptors (Lipinski definition) is 2. The zero-order valence-corrected chi connectivity index (χ0v) is 14.2. The fourth-order valence-electron chi connectivity index (χ4n) is 2.98. The lowest BCUT2D eigenvalue weighted by molar-refractivity contribution is 0.306. The average molecular weight is 296 g/mol. The smallest absolute Gasteiger partial charge is 0.0385 e. The molecule has 2 rings (SSSR count). The van der Waals surface area contributed by atoms with E-state index in [1.54, 1.807) is 0 Å². The Morgan fingerprint density at radius 1 is 0.909 bits per heavy atom. The summed E-state index contributed by atoms with van der Waals surface area (Å²) < 4.78 is 0.